The van der Waals surface area contributed by atoms with Gasteiger partial charge in [0, 0.05) is 39.7 Å². The minimum absolute atomic E-state index is 0.110. The first kappa shape index (κ1) is 26.8. The molecule has 1 aliphatic heterocycles. The van der Waals surface area contributed by atoms with E-state index in [1.807, 2.05) is 41.0 Å². The van der Waals surface area contributed by atoms with E-state index >= 15 is 0 Å². The van der Waals surface area contributed by atoms with E-state index in [0.29, 0.717) is 29.6 Å². The summed E-state index contributed by atoms with van der Waals surface area (Å²) in [6.07, 6.45) is 2.68. The van der Waals surface area contributed by atoms with Crippen LogP contribution in [0, 0.1) is 0 Å². The molecule has 0 saturated carbocycles. The number of halogens is 2. The second-order valence-corrected chi connectivity index (χ2v) is 12.8. The molecule has 0 saturated heterocycles. The molecular formula is C21H20Cl2N2O6S4. The van der Waals surface area contributed by atoms with Gasteiger partial charge in [-0.3, -0.25) is 8.74 Å². The van der Waals surface area contributed by atoms with Crippen LogP contribution in [0.3, 0.4) is 0 Å². The van der Waals surface area contributed by atoms with E-state index in [2.05, 4.69) is 4.90 Å². The molecule has 1 aromatic heterocycles. The fraction of sp³-hybridized carbons (Fsp3) is 0.286. The Kier molecular flexibility index (Phi) is 8.78. The lowest BCUT2D eigenvalue weighted by Crippen LogP contribution is -2.36. The number of aryl methyl sites for hydroxylation is 1. The van der Waals surface area contributed by atoms with Crippen molar-refractivity contribution in [2.75, 3.05) is 23.8 Å². The number of fused-ring (bicyclic) bond motifs is 2. The van der Waals surface area contributed by atoms with Crippen LogP contribution in [-0.4, -0.2) is 40.6 Å². The lowest BCUT2D eigenvalue weighted by molar-refractivity contribution is -0.668. The Balaban J connectivity index is 1.70. The quantitative estimate of drug-likeness (QED) is 0.153. The number of nitrogens with zero attached hydrogens (tertiary/aromatic N) is 2. The van der Waals surface area contributed by atoms with Gasteiger partial charge in [0.15, 0.2) is 6.54 Å². The van der Waals surface area contributed by atoms with Crippen LogP contribution >= 0.6 is 46.3 Å². The Bertz CT molecular complexity index is 1410. The molecule has 188 valence electrons. The Hall–Kier alpha value is -1.22. The SMILES string of the molecule is O=S(O)OCCCN1C(=Cc2sc3ccc(Cl)cc3[n+]2CCCS(=O)(=O)[O-])Sc2ccc(Cl)cc21. The predicted octanol–water partition coefficient (Wildman–Crippen LogP) is 4.89. The number of anilines is 1. The average Bonchev–Trinajstić information content (AvgIpc) is 3.27. The second-order valence-electron chi connectivity index (χ2n) is 7.56. The third kappa shape index (κ3) is 6.96. The molecule has 0 fully saturated rings. The zero-order valence-electron chi connectivity index (χ0n) is 18.1. The van der Waals surface area contributed by atoms with Crippen LogP contribution in [0.1, 0.15) is 17.8 Å². The van der Waals surface area contributed by atoms with Crippen LogP contribution in [0.25, 0.3) is 16.3 Å². The van der Waals surface area contributed by atoms with Gasteiger partial charge in [-0.2, -0.15) is 8.78 Å². The highest BCUT2D eigenvalue weighted by atomic mass is 35.5. The highest BCUT2D eigenvalue weighted by molar-refractivity contribution is 8.03. The highest BCUT2D eigenvalue weighted by Crippen LogP contribution is 2.47. The summed E-state index contributed by atoms with van der Waals surface area (Å²) in [5.41, 5.74) is 1.78. The van der Waals surface area contributed by atoms with Gasteiger partial charge in [0.05, 0.1) is 33.5 Å². The van der Waals surface area contributed by atoms with Gasteiger partial charge in [0.25, 0.3) is 5.01 Å². The second kappa shape index (κ2) is 11.4. The first-order valence-corrected chi connectivity index (χ1v) is 15.4. The molecule has 2 aromatic carbocycles. The van der Waals surface area contributed by atoms with Gasteiger partial charge in [0.2, 0.25) is 5.52 Å². The normalized spacial score (nSPS) is 15.8. The molecule has 35 heavy (non-hydrogen) atoms. The number of hydrogen-bond donors (Lipinski definition) is 1. The summed E-state index contributed by atoms with van der Waals surface area (Å²) in [4.78, 5) is 3.08. The fourth-order valence-electron chi connectivity index (χ4n) is 3.68. The van der Waals surface area contributed by atoms with Gasteiger partial charge >= 0.3 is 11.4 Å². The number of thiazole rings is 1. The topological polar surface area (TPSA) is 111 Å². The summed E-state index contributed by atoms with van der Waals surface area (Å²) in [5, 5.41) is 2.92. The third-order valence-corrected chi connectivity index (χ3v) is 8.97. The maximum absolute atomic E-state index is 11.1. The molecule has 0 aliphatic carbocycles. The van der Waals surface area contributed by atoms with Gasteiger partial charge in [0.1, 0.15) is 4.70 Å². The largest absolute Gasteiger partial charge is 0.748 e. The monoisotopic (exact) mass is 594 g/mol. The molecule has 0 spiro atoms. The standard InChI is InChI=1S/C21H20Cl2N2O6S4/c22-14-3-5-18-16(11-14)24(7-1-9-31-34(26)27)20(32-18)13-21-25(8-2-10-35(28,29)30)17-12-15(23)4-6-19(17)33-21/h3-6,11-13H,1-2,7-10H2,(H-,26,27,28,29,30). The van der Waals surface area contributed by atoms with Crippen LogP contribution in [0.4, 0.5) is 5.69 Å². The summed E-state index contributed by atoms with van der Waals surface area (Å²) in [6, 6.07) is 11.1. The van der Waals surface area contributed by atoms with Crippen LogP contribution < -0.4 is 9.47 Å². The Morgan fingerprint density at radius 3 is 2.66 bits per heavy atom. The lowest BCUT2D eigenvalue weighted by atomic mass is 10.2. The summed E-state index contributed by atoms with van der Waals surface area (Å²) in [7, 11) is -4.32. The van der Waals surface area contributed by atoms with Gasteiger partial charge < -0.3 is 9.45 Å². The molecule has 4 rings (SSSR count). The molecule has 0 bridgehead atoms. The van der Waals surface area contributed by atoms with Crippen molar-refractivity contribution in [1.82, 2.24) is 0 Å². The van der Waals surface area contributed by atoms with Crippen LogP contribution in [0.5, 0.6) is 0 Å². The van der Waals surface area contributed by atoms with E-state index in [1.54, 1.807) is 17.8 Å². The zero-order chi connectivity index (χ0) is 25.2. The number of benzene rings is 2. The molecule has 14 heteroatoms. The minimum Gasteiger partial charge on any atom is -0.748 e. The summed E-state index contributed by atoms with van der Waals surface area (Å²) < 4.78 is 60.8. The van der Waals surface area contributed by atoms with Crippen molar-refractivity contribution in [2.24, 2.45) is 0 Å². The maximum Gasteiger partial charge on any atom is 0.301 e. The van der Waals surface area contributed by atoms with Crippen molar-refractivity contribution in [3.63, 3.8) is 0 Å². The first-order chi connectivity index (χ1) is 16.6. The molecule has 1 N–H and O–H groups in total. The van der Waals surface area contributed by atoms with Gasteiger partial charge in [-0.1, -0.05) is 46.3 Å². The van der Waals surface area contributed by atoms with Crippen LogP contribution in [0.15, 0.2) is 46.3 Å². The summed E-state index contributed by atoms with van der Waals surface area (Å²) >= 11 is 13.2. The highest BCUT2D eigenvalue weighted by Gasteiger charge is 2.28. The molecule has 8 nitrogen and oxygen atoms in total. The average molecular weight is 596 g/mol. The number of aromatic nitrogens is 1. The zero-order valence-corrected chi connectivity index (χ0v) is 22.8. The molecule has 0 radical (unpaired) electrons. The van der Waals surface area contributed by atoms with Gasteiger partial charge in [-0.05, 0) is 36.8 Å². The maximum atomic E-state index is 11.1. The minimum atomic E-state index is -4.32. The van der Waals surface area contributed by atoms with Crippen molar-refractivity contribution in [2.45, 2.75) is 24.3 Å². The van der Waals surface area contributed by atoms with Crippen LogP contribution in [-0.2, 0) is 32.2 Å². The first-order valence-electron chi connectivity index (χ1n) is 10.4. The lowest BCUT2D eigenvalue weighted by Gasteiger charge is -2.20. The molecule has 1 atom stereocenters. The molecule has 1 unspecified atom stereocenters. The summed E-state index contributed by atoms with van der Waals surface area (Å²) in [5.74, 6) is -0.453. The Morgan fingerprint density at radius 2 is 1.91 bits per heavy atom. The number of rotatable bonds is 10. The van der Waals surface area contributed by atoms with Crippen molar-refractivity contribution >= 4 is 89.8 Å². The summed E-state index contributed by atoms with van der Waals surface area (Å²) in [6.45, 7) is 0.966. The van der Waals surface area contributed by atoms with Gasteiger partial charge in [-0.25, -0.2) is 8.42 Å². The van der Waals surface area contributed by atoms with E-state index in [4.69, 9.17) is 31.9 Å². The van der Waals surface area contributed by atoms with Crippen LogP contribution in [0.2, 0.25) is 10.0 Å². The molecule has 1 aliphatic rings. The van der Waals surface area contributed by atoms with Crippen molar-refractivity contribution in [3.05, 3.63) is 56.5 Å². The molecule has 2 heterocycles. The number of thioether (sulfide) groups is 1. The Labute approximate surface area is 223 Å². The van der Waals surface area contributed by atoms with E-state index in [-0.39, 0.29) is 13.0 Å². The molecule has 0 amide bonds. The fourth-order valence-corrected chi connectivity index (χ4v) is 7.04. The number of hydrogen-bond acceptors (Lipinski definition) is 8. The third-order valence-electron chi connectivity index (χ3n) is 5.12. The van der Waals surface area contributed by atoms with E-state index < -0.39 is 27.2 Å². The molecular weight excluding hydrogens is 575 g/mol. The smallest absolute Gasteiger partial charge is 0.301 e. The van der Waals surface area contributed by atoms with E-state index in [1.165, 1.54) is 11.3 Å². The van der Waals surface area contributed by atoms with E-state index in [9.17, 15) is 17.2 Å². The Morgan fingerprint density at radius 1 is 1.17 bits per heavy atom. The van der Waals surface area contributed by atoms with E-state index in [0.717, 1.165) is 30.8 Å². The van der Waals surface area contributed by atoms with Crippen molar-refractivity contribution in [1.29, 1.82) is 0 Å². The van der Waals surface area contributed by atoms with Crippen molar-refractivity contribution in [3.8, 4) is 0 Å². The molecule has 3 aromatic rings. The predicted molar refractivity (Wildman–Crippen MR) is 140 cm³/mol. The van der Waals surface area contributed by atoms with Crippen molar-refractivity contribution < 1.29 is 30.5 Å². The van der Waals surface area contributed by atoms with Gasteiger partial charge in [-0.15, -0.1) is 0 Å².